The highest BCUT2D eigenvalue weighted by Gasteiger charge is 2.41. The zero-order chi connectivity index (χ0) is 15.5. The van der Waals surface area contributed by atoms with Crippen LogP contribution < -0.4 is 10.2 Å². The molecular weight excluding hydrogens is 277 g/mol. The highest BCUT2D eigenvalue weighted by atomic mass is 19.4. The first kappa shape index (κ1) is 16.1. The van der Waals surface area contributed by atoms with Crippen molar-refractivity contribution in [3.05, 3.63) is 29.3 Å². The standard InChI is InChI=1S/C16H23F3N2/c1-3-20-11-13-4-5-15(12(2)10-13)21-8-6-14(7-9-21)16(17,18)19/h4-5,10,14,20H,3,6-9,11H2,1-2H3. The van der Waals surface area contributed by atoms with E-state index in [2.05, 4.69) is 29.3 Å². The van der Waals surface area contributed by atoms with Crippen molar-refractivity contribution < 1.29 is 13.2 Å². The van der Waals surface area contributed by atoms with Gasteiger partial charge in [-0.1, -0.05) is 19.1 Å². The minimum atomic E-state index is -4.04. The number of hydrogen-bond donors (Lipinski definition) is 1. The molecule has 5 heteroatoms. The minimum absolute atomic E-state index is 0.197. The van der Waals surface area contributed by atoms with E-state index in [1.807, 2.05) is 13.0 Å². The fourth-order valence-electron chi connectivity index (χ4n) is 2.90. The molecular formula is C16H23F3N2. The predicted molar refractivity (Wildman–Crippen MR) is 79.6 cm³/mol. The number of hydrogen-bond acceptors (Lipinski definition) is 2. The number of anilines is 1. The van der Waals surface area contributed by atoms with Gasteiger partial charge >= 0.3 is 6.18 Å². The van der Waals surface area contributed by atoms with Gasteiger partial charge in [-0.2, -0.15) is 13.2 Å². The normalized spacial score (nSPS) is 17.3. The summed E-state index contributed by atoms with van der Waals surface area (Å²) in [4.78, 5) is 2.08. The largest absolute Gasteiger partial charge is 0.391 e. The van der Waals surface area contributed by atoms with Crippen LogP contribution in [0.2, 0.25) is 0 Å². The van der Waals surface area contributed by atoms with Crippen LogP contribution in [-0.2, 0) is 6.54 Å². The van der Waals surface area contributed by atoms with Crippen LogP contribution in [0.15, 0.2) is 18.2 Å². The fourth-order valence-corrected chi connectivity index (χ4v) is 2.90. The third kappa shape index (κ3) is 4.13. The minimum Gasteiger partial charge on any atom is -0.371 e. The second kappa shape index (κ2) is 6.69. The maximum Gasteiger partial charge on any atom is 0.391 e. The SMILES string of the molecule is CCNCc1ccc(N2CCC(C(F)(F)F)CC2)c(C)c1. The first-order valence-electron chi connectivity index (χ1n) is 7.53. The Morgan fingerprint density at radius 1 is 1.24 bits per heavy atom. The lowest BCUT2D eigenvalue weighted by molar-refractivity contribution is -0.179. The Morgan fingerprint density at radius 3 is 2.43 bits per heavy atom. The second-order valence-corrected chi connectivity index (χ2v) is 5.70. The predicted octanol–water partition coefficient (Wildman–Crippen LogP) is 3.88. The molecule has 118 valence electrons. The van der Waals surface area contributed by atoms with Gasteiger partial charge in [0.05, 0.1) is 5.92 Å². The lowest BCUT2D eigenvalue weighted by Crippen LogP contribution is -2.39. The quantitative estimate of drug-likeness (QED) is 0.907. The van der Waals surface area contributed by atoms with Crippen LogP contribution in [-0.4, -0.2) is 25.8 Å². The Labute approximate surface area is 124 Å². The number of benzene rings is 1. The summed E-state index contributed by atoms with van der Waals surface area (Å²) in [5, 5.41) is 3.27. The number of alkyl halides is 3. The third-order valence-electron chi connectivity index (χ3n) is 4.14. The van der Waals surface area contributed by atoms with Crippen molar-refractivity contribution in [1.29, 1.82) is 0 Å². The van der Waals surface area contributed by atoms with Gasteiger partial charge in [-0.05, 0) is 43.5 Å². The van der Waals surface area contributed by atoms with E-state index in [-0.39, 0.29) is 12.8 Å². The molecule has 1 fully saturated rings. The van der Waals surface area contributed by atoms with Crippen LogP contribution in [0.3, 0.4) is 0 Å². The van der Waals surface area contributed by atoms with Crippen molar-refractivity contribution in [3.8, 4) is 0 Å². The van der Waals surface area contributed by atoms with Gasteiger partial charge in [-0.15, -0.1) is 0 Å². The second-order valence-electron chi connectivity index (χ2n) is 5.70. The first-order chi connectivity index (χ1) is 9.91. The number of nitrogens with zero attached hydrogens (tertiary/aromatic N) is 1. The smallest absolute Gasteiger partial charge is 0.371 e. The molecule has 0 bridgehead atoms. The molecule has 0 spiro atoms. The Hall–Kier alpha value is -1.23. The third-order valence-corrected chi connectivity index (χ3v) is 4.14. The van der Waals surface area contributed by atoms with Gasteiger partial charge < -0.3 is 10.2 Å². The highest BCUT2D eigenvalue weighted by Crippen LogP contribution is 2.36. The summed E-state index contributed by atoms with van der Waals surface area (Å²) in [6, 6.07) is 6.21. The summed E-state index contributed by atoms with van der Waals surface area (Å²) >= 11 is 0. The van der Waals surface area contributed by atoms with E-state index in [0.29, 0.717) is 13.1 Å². The molecule has 1 aliphatic heterocycles. The fraction of sp³-hybridized carbons (Fsp3) is 0.625. The van der Waals surface area contributed by atoms with Gasteiger partial charge in [0, 0.05) is 25.3 Å². The number of halogens is 3. The molecule has 21 heavy (non-hydrogen) atoms. The topological polar surface area (TPSA) is 15.3 Å². The molecule has 2 nitrogen and oxygen atoms in total. The number of aryl methyl sites for hydroxylation is 1. The molecule has 0 unspecified atom stereocenters. The lowest BCUT2D eigenvalue weighted by Gasteiger charge is -2.35. The molecule has 0 aromatic heterocycles. The Morgan fingerprint density at radius 2 is 1.90 bits per heavy atom. The van der Waals surface area contributed by atoms with E-state index in [1.165, 1.54) is 5.56 Å². The molecule has 0 aliphatic carbocycles. The summed E-state index contributed by atoms with van der Waals surface area (Å²) in [5.74, 6) is -1.14. The van der Waals surface area contributed by atoms with Crippen molar-refractivity contribution in [3.63, 3.8) is 0 Å². The molecule has 2 rings (SSSR count). The Kier molecular flexibility index (Phi) is 5.14. The molecule has 1 heterocycles. The van der Waals surface area contributed by atoms with Crippen LogP contribution in [0.4, 0.5) is 18.9 Å². The molecule has 0 saturated carbocycles. The monoisotopic (exact) mass is 300 g/mol. The Balaban J connectivity index is 2.00. The van der Waals surface area contributed by atoms with E-state index >= 15 is 0 Å². The van der Waals surface area contributed by atoms with E-state index < -0.39 is 12.1 Å². The van der Waals surface area contributed by atoms with E-state index in [0.717, 1.165) is 24.3 Å². The molecule has 0 atom stereocenters. The first-order valence-corrected chi connectivity index (χ1v) is 7.53. The maximum absolute atomic E-state index is 12.7. The molecule has 1 aromatic rings. The Bertz CT molecular complexity index is 463. The van der Waals surface area contributed by atoms with Gasteiger partial charge in [0.1, 0.15) is 0 Å². The molecule has 1 saturated heterocycles. The number of piperidine rings is 1. The molecule has 1 aromatic carbocycles. The average molecular weight is 300 g/mol. The van der Waals surface area contributed by atoms with Gasteiger partial charge in [0.2, 0.25) is 0 Å². The zero-order valence-electron chi connectivity index (χ0n) is 12.6. The van der Waals surface area contributed by atoms with Crippen LogP contribution >= 0.6 is 0 Å². The summed E-state index contributed by atoms with van der Waals surface area (Å²) < 4.78 is 38.1. The van der Waals surface area contributed by atoms with Crippen LogP contribution in [0.5, 0.6) is 0 Å². The van der Waals surface area contributed by atoms with Crippen molar-refractivity contribution in [2.24, 2.45) is 5.92 Å². The van der Waals surface area contributed by atoms with Crippen LogP contribution in [0, 0.1) is 12.8 Å². The van der Waals surface area contributed by atoms with E-state index in [9.17, 15) is 13.2 Å². The van der Waals surface area contributed by atoms with E-state index in [4.69, 9.17) is 0 Å². The lowest BCUT2D eigenvalue weighted by atomic mass is 9.95. The van der Waals surface area contributed by atoms with Crippen LogP contribution in [0.25, 0.3) is 0 Å². The average Bonchev–Trinajstić information content (AvgIpc) is 2.44. The number of rotatable bonds is 4. The zero-order valence-corrected chi connectivity index (χ0v) is 12.6. The maximum atomic E-state index is 12.7. The number of nitrogens with one attached hydrogen (secondary N) is 1. The van der Waals surface area contributed by atoms with Crippen molar-refractivity contribution >= 4 is 5.69 Å². The van der Waals surface area contributed by atoms with Crippen LogP contribution in [0.1, 0.15) is 30.9 Å². The van der Waals surface area contributed by atoms with Gasteiger partial charge in [-0.25, -0.2) is 0 Å². The van der Waals surface area contributed by atoms with Gasteiger partial charge in [-0.3, -0.25) is 0 Å². The molecule has 1 aliphatic rings. The van der Waals surface area contributed by atoms with Crippen molar-refractivity contribution in [1.82, 2.24) is 5.32 Å². The van der Waals surface area contributed by atoms with E-state index in [1.54, 1.807) is 0 Å². The summed E-state index contributed by atoms with van der Waals surface area (Å²) in [6.07, 6.45) is -3.65. The summed E-state index contributed by atoms with van der Waals surface area (Å²) in [6.45, 7) is 6.81. The highest BCUT2D eigenvalue weighted by molar-refractivity contribution is 5.54. The van der Waals surface area contributed by atoms with Crippen molar-refractivity contribution in [2.45, 2.75) is 39.4 Å². The molecule has 0 radical (unpaired) electrons. The van der Waals surface area contributed by atoms with Gasteiger partial charge in [0.15, 0.2) is 0 Å². The van der Waals surface area contributed by atoms with Gasteiger partial charge in [0.25, 0.3) is 0 Å². The summed E-state index contributed by atoms with van der Waals surface area (Å²) in [5.41, 5.74) is 3.41. The molecule has 1 N–H and O–H groups in total. The molecule has 0 amide bonds. The summed E-state index contributed by atoms with van der Waals surface area (Å²) in [7, 11) is 0. The van der Waals surface area contributed by atoms with Crippen molar-refractivity contribution in [2.75, 3.05) is 24.5 Å².